The number of nitrogens with one attached hydrogen (secondary N) is 2. The summed E-state index contributed by atoms with van der Waals surface area (Å²) in [4.78, 5) is 4.46. The van der Waals surface area contributed by atoms with Crippen LogP contribution in [0.1, 0.15) is 25.3 Å². The number of rotatable bonds is 10. The van der Waals surface area contributed by atoms with Gasteiger partial charge in [-0.3, -0.25) is 4.99 Å². The molecule has 0 heterocycles. The molecule has 0 aliphatic rings. The number of aliphatic imine (C=N–C) groups is 1. The van der Waals surface area contributed by atoms with Gasteiger partial charge < -0.3 is 15.4 Å². The molecule has 0 aliphatic carbocycles. The monoisotopic (exact) mass is 429 g/mol. The van der Waals surface area contributed by atoms with E-state index in [0.717, 1.165) is 51.5 Å². The minimum absolute atomic E-state index is 0. The highest BCUT2D eigenvalue weighted by molar-refractivity contribution is 14.0. The predicted octanol–water partition coefficient (Wildman–Crippen LogP) is 2.83. The molecule has 0 atom stereocenters. The summed E-state index contributed by atoms with van der Waals surface area (Å²) in [5.41, 5.74) is 1.32. The molecule has 0 saturated carbocycles. The molecule has 0 spiro atoms. The minimum Gasteiger partial charge on any atom is -0.381 e. The molecular weight excluding hydrogens is 401 g/mol. The van der Waals surface area contributed by atoms with Gasteiger partial charge in [-0.15, -0.1) is 30.4 Å². The molecule has 1 rings (SSSR count). The topological polar surface area (TPSA) is 45.7 Å². The number of guanidine groups is 1. The second kappa shape index (κ2) is 15.6. The van der Waals surface area contributed by atoms with E-state index in [-0.39, 0.29) is 24.0 Å². The Bertz CT molecular complexity index is 457. The van der Waals surface area contributed by atoms with Crippen LogP contribution in [0.3, 0.4) is 0 Å². The fourth-order valence-corrected chi connectivity index (χ4v) is 1.92. The Morgan fingerprint density at radius 1 is 1.17 bits per heavy atom. The van der Waals surface area contributed by atoms with Gasteiger partial charge >= 0.3 is 0 Å². The first-order valence-corrected chi connectivity index (χ1v) is 7.94. The third-order valence-corrected chi connectivity index (χ3v) is 3.05. The first kappa shape index (κ1) is 21.7. The van der Waals surface area contributed by atoms with Gasteiger partial charge in [-0.2, -0.15) is 0 Å². The van der Waals surface area contributed by atoms with Crippen LogP contribution < -0.4 is 10.6 Å². The average molecular weight is 429 g/mol. The smallest absolute Gasteiger partial charge is 0.192 e. The highest BCUT2D eigenvalue weighted by Gasteiger charge is 1.95. The fraction of sp³-hybridized carbons (Fsp3) is 0.500. The molecule has 0 saturated heterocycles. The molecular formula is C18H28IN3O. The van der Waals surface area contributed by atoms with E-state index in [1.807, 2.05) is 13.0 Å². The Balaban J connectivity index is 0.00000484. The van der Waals surface area contributed by atoms with Crippen molar-refractivity contribution in [1.82, 2.24) is 10.6 Å². The molecule has 1 aromatic rings. The van der Waals surface area contributed by atoms with Gasteiger partial charge in [-0.25, -0.2) is 0 Å². The van der Waals surface area contributed by atoms with Crippen molar-refractivity contribution in [3.63, 3.8) is 0 Å². The van der Waals surface area contributed by atoms with E-state index in [4.69, 9.17) is 11.2 Å². The zero-order valence-corrected chi connectivity index (χ0v) is 16.2. The molecule has 0 unspecified atom stereocenters. The van der Waals surface area contributed by atoms with Crippen molar-refractivity contribution < 1.29 is 4.74 Å². The van der Waals surface area contributed by atoms with Crippen LogP contribution >= 0.6 is 24.0 Å². The van der Waals surface area contributed by atoms with E-state index in [1.165, 1.54) is 5.56 Å². The number of hydrogen-bond acceptors (Lipinski definition) is 2. The largest absolute Gasteiger partial charge is 0.381 e. The summed E-state index contributed by atoms with van der Waals surface area (Å²) in [6.07, 6.45) is 8.23. The van der Waals surface area contributed by atoms with Gasteiger partial charge in [-0.1, -0.05) is 36.3 Å². The lowest BCUT2D eigenvalue weighted by Crippen LogP contribution is -2.37. The Morgan fingerprint density at radius 3 is 2.65 bits per heavy atom. The van der Waals surface area contributed by atoms with Gasteiger partial charge in [0.25, 0.3) is 0 Å². The summed E-state index contributed by atoms with van der Waals surface area (Å²) in [6.45, 7) is 5.71. The molecule has 2 N–H and O–H groups in total. The van der Waals surface area contributed by atoms with Gasteiger partial charge in [0.2, 0.25) is 0 Å². The van der Waals surface area contributed by atoms with Crippen molar-refractivity contribution >= 4 is 29.9 Å². The minimum atomic E-state index is 0. The van der Waals surface area contributed by atoms with Crippen molar-refractivity contribution in [1.29, 1.82) is 0 Å². The lowest BCUT2D eigenvalue weighted by Gasteiger charge is -2.08. The highest BCUT2D eigenvalue weighted by Crippen LogP contribution is 2.00. The maximum atomic E-state index is 5.65. The van der Waals surface area contributed by atoms with E-state index in [0.29, 0.717) is 6.54 Å². The predicted molar refractivity (Wildman–Crippen MR) is 108 cm³/mol. The maximum Gasteiger partial charge on any atom is 0.192 e. The Morgan fingerprint density at radius 2 is 1.96 bits per heavy atom. The van der Waals surface area contributed by atoms with E-state index >= 15 is 0 Å². The van der Waals surface area contributed by atoms with Crippen LogP contribution in [0, 0.1) is 12.3 Å². The lowest BCUT2D eigenvalue weighted by atomic mass is 10.2. The van der Waals surface area contributed by atoms with Crippen molar-refractivity contribution in [2.45, 2.75) is 26.2 Å². The van der Waals surface area contributed by atoms with Crippen LogP contribution in [0.25, 0.3) is 0 Å². The standard InChI is InChI=1S/C18H27N3O.HI/c1-3-13-20-18(19-4-2)21-14-8-9-15-22-16-12-17-10-6-5-7-11-17;/h1,5-7,10-11H,4,8-9,12-16H2,2H3,(H2,19,20,21);1H. The first-order valence-electron chi connectivity index (χ1n) is 7.94. The maximum absolute atomic E-state index is 5.65. The van der Waals surface area contributed by atoms with E-state index < -0.39 is 0 Å². The van der Waals surface area contributed by atoms with E-state index in [2.05, 4.69) is 45.8 Å². The van der Waals surface area contributed by atoms with Gasteiger partial charge in [0, 0.05) is 19.7 Å². The number of terminal acetylenes is 1. The lowest BCUT2D eigenvalue weighted by molar-refractivity contribution is 0.134. The summed E-state index contributed by atoms with van der Waals surface area (Å²) in [6, 6.07) is 10.4. The average Bonchev–Trinajstić information content (AvgIpc) is 2.55. The van der Waals surface area contributed by atoms with E-state index in [1.54, 1.807) is 0 Å². The zero-order chi connectivity index (χ0) is 15.9. The SMILES string of the molecule is C#CCNC(=NCCCCOCCc1ccccc1)NCC.I. The van der Waals surface area contributed by atoms with Crippen molar-refractivity contribution in [2.75, 3.05) is 32.8 Å². The third-order valence-electron chi connectivity index (χ3n) is 3.05. The van der Waals surface area contributed by atoms with Crippen LogP contribution in [-0.2, 0) is 11.2 Å². The molecule has 0 bridgehead atoms. The molecule has 0 fully saturated rings. The summed E-state index contributed by atoms with van der Waals surface area (Å²) < 4.78 is 5.65. The fourth-order valence-electron chi connectivity index (χ4n) is 1.92. The van der Waals surface area contributed by atoms with Crippen molar-refractivity contribution in [3.8, 4) is 12.3 Å². The number of ether oxygens (including phenoxy) is 1. The van der Waals surface area contributed by atoms with Gasteiger partial charge in [0.1, 0.15) is 0 Å². The molecule has 0 aromatic heterocycles. The van der Waals surface area contributed by atoms with Gasteiger partial charge in [0.05, 0.1) is 13.2 Å². The molecule has 1 aromatic carbocycles. The number of hydrogen-bond donors (Lipinski definition) is 2. The molecule has 0 amide bonds. The normalized spacial score (nSPS) is 10.5. The number of benzene rings is 1. The summed E-state index contributed by atoms with van der Waals surface area (Å²) in [5, 5.41) is 6.23. The summed E-state index contributed by atoms with van der Waals surface area (Å²) in [5.74, 6) is 3.33. The molecule has 0 radical (unpaired) electrons. The van der Waals surface area contributed by atoms with E-state index in [9.17, 15) is 0 Å². The van der Waals surface area contributed by atoms with Crippen LogP contribution in [-0.4, -0.2) is 38.8 Å². The van der Waals surface area contributed by atoms with Crippen LogP contribution in [0.15, 0.2) is 35.3 Å². The van der Waals surface area contributed by atoms with Gasteiger partial charge in [0.15, 0.2) is 5.96 Å². The molecule has 23 heavy (non-hydrogen) atoms. The van der Waals surface area contributed by atoms with Crippen LogP contribution in [0.2, 0.25) is 0 Å². The highest BCUT2D eigenvalue weighted by atomic mass is 127. The summed E-state index contributed by atoms with van der Waals surface area (Å²) in [7, 11) is 0. The Hall–Kier alpha value is -1.26. The van der Waals surface area contributed by atoms with Crippen LogP contribution in [0.5, 0.6) is 0 Å². The zero-order valence-electron chi connectivity index (χ0n) is 13.9. The molecule has 5 heteroatoms. The molecule has 128 valence electrons. The van der Waals surface area contributed by atoms with Crippen molar-refractivity contribution in [3.05, 3.63) is 35.9 Å². The van der Waals surface area contributed by atoms with Gasteiger partial charge in [-0.05, 0) is 31.7 Å². The second-order valence-electron chi connectivity index (χ2n) is 4.87. The second-order valence-corrected chi connectivity index (χ2v) is 4.87. The number of nitrogens with zero attached hydrogens (tertiary/aromatic N) is 1. The number of unbranched alkanes of at least 4 members (excludes halogenated alkanes) is 1. The van der Waals surface area contributed by atoms with Crippen LogP contribution in [0.4, 0.5) is 0 Å². The Labute approximate surface area is 157 Å². The van der Waals surface area contributed by atoms with Crippen molar-refractivity contribution in [2.24, 2.45) is 4.99 Å². The molecule has 0 aliphatic heterocycles. The summed E-state index contributed by atoms with van der Waals surface area (Å²) >= 11 is 0. The third kappa shape index (κ3) is 11.9. The molecule has 4 nitrogen and oxygen atoms in total. The Kier molecular flexibility index (Phi) is 14.8. The first-order chi connectivity index (χ1) is 10.9. The quantitative estimate of drug-likeness (QED) is 0.198. The number of halogens is 1.